The Morgan fingerprint density at radius 2 is 1.95 bits per heavy atom. The predicted molar refractivity (Wildman–Crippen MR) is 63.4 cm³/mol. The maximum absolute atomic E-state index is 10.2. The zero-order valence-corrected chi connectivity index (χ0v) is 12.7. The second-order valence-electron chi connectivity index (χ2n) is 3.91. The van der Waals surface area contributed by atoms with Gasteiger partial charge in [0.1, 0.15) is 0 Å². The SMILES string of the molecule is C/C(=N/OS(=O)(=O)[O-])[Se][C@@H]1O[C@H](CO)[C@@H](O)[C@H](O)[C@H]1O. The Morgan fingerprint density at radius 1 is 1.35 bits per heavy atom. The molecule has 0 aromatic carbocycles. The topological polar surface area (TPSA) is 169 Å². The molecular weight excluding hydrogens is 365 g/mol. The number of hydrogen-bond donors (Lipinski definition) is 4. The van der Waals surface area contributed by atoms with Crippen LogP contribution in [0.4, 0.5) is 0 Å². The van der Waals surface area contributed by atoms with Gasteiger partial charge in [-0.15, -0.1) is 0 Å². The van der Waals surface area contributed by atoms with Crippen LogP contribution in [-0.4, -0.2) is 89.0 Å². The fraction of sp³-hybridized carbons (Fsp3) is 0.875. The van der Waals surface area contributed by atoms with Crippen molar-refractivity contribution in [1.29, 1.82) is 0 Å². The summed E-state index contributed by atoms with van der Waals surface area (Å²) < 4.78 is 39.6. The van der Waals surface area contributed by atoms with Crippen LogP contribution < -0.4 is 0 Å². The molecule has 12 heteroatoms. The van der Waals surface area contributed by atoms with Crippen LogP contribution in [0.5, 0.6) is 0 Å². The van der Waals surface area contributed by atoms with E-state index >= 15 is 0 Å². The van der Waals surface area contributed by atoms with Crippen LogP contribution >= 0.6 is 0 Å². The van der Waals surface area contributed by atoms with Gasteiger partial charge >= 0.3 is 120 Å². The number of ether oxygens (including phenoxy) is 1. The van der Waals surface area contributed by atoms with Gasteiger partial charge in [0.25, 0.3) is 0 Å². The second kappa shape index (κ2) is 7.11. The standard InChI is InChI=1S/C8H15NO9SSe/c1-3(9-18-19(14,15)16)20-8-7(13)6(12)5(11)4(2-10)17-8/h4-8,10-13H,2H2,1H3,(H,14,15,16)/p-1/b9-3-/t4-,5-,6+,7-,8+/m1/s1. The summed E-state index contributed by atoms with van der Waals surface area (Å²) >= 11 is -0.793. The van der Waals surface area contributed by atoms with E-state index in [1.54, 1.807) is 0 Å². The monoisotopic (exact) mass is 380 g/mol. The number of oxime groups is 1. The fourth-order valence-corrected chi connectivity index (χ4v) is 3.68. The van der Waals surface area contributed by atoms with Crippen molar-refractivity contribution in [3.05, 3.63) is 0 Å². The van der Waals surface area contributed by atoms with Gasteiger partial charge in [0, 0.05) is 0 Å². The number of hydrogen-bond acceptors (Lipinski definition) is 10. The van der Waals surface area contributed by atoms with E-state index in [0.29, 0.717) is 0 Å². The van der Waals surface area contributed by atoms with Crippen molar-refractivity contribution in [1.82, 2.24) is 0 Å². The molecule has 1 saturated heterocycles. The number of nitrogens with zero attached hydrogens (tertiary/aromatic N) is 1. The molecule has 118 valence electrons. The van der Waals surface area contributed by atoms with E-state index in [9.17, 15) is 28.3 Å². The van der Waals surface area contributed by atoms with Gasteiger partial charge in [0.15, 0.2) is 0 Å². The summed E-state index contributed by atoms with van der Waals surface area (Å²) in [5.41, 5.74) is 0. The van der Waals surface area contributed by atoms with Crippen LogP contribution in [0.2, 0.25) is 0 Å². The van der Waals surface area contributed by atoms with Gasteiger partial charge in [0.2, 0.25) is 0 Å². The van der Waals surface area contributed by atoms with Gasteiger partial charge in [-0.25, -0.2) is 0 Å². The molecule has 1 rings (SSSR count). The van der Waals surface area contributed by atoms with Crippen LogP contribution in [0.3, 0.4) is 0 Å². The summed E-state index contributed by atoms with van der Waals surface area (Å²) in [5, 5.41) is 39.9. The van der Waals surface area contributed by atoms with Crippen LogP contribution in [0.25, 0.3) is 0 Å². The quantitative estimate of drug-likeness (QED) is 0.123. The van der Waals surface area contributed by atoms with Gasteiger partial charge in [0.05, 0.1) is 0 Å². The molecule has 4 N–H and O–H groups in total. The minimum atomic E-state index is -4.97. The molecule has 0 aliphatic carbocycles. The van der Waals surface area contributed by atoms with Crippen LogP contribution in [0.15, 0.2) is 5.16 Å². The molecule has 0 aromatic heterocycles. The molecule has 1 aliphatic rings. The average molecular weight is 379 g/mol. The third-order valence-corrected chi connectivity index (χ3v) is 4.83. The summed E-state index contributed by atoms with van der Waals surface area (Å²) in [6.45, 7) is 0.770. The van der Waals surface area contributed by atoms with Crippen molar-refractivity contribution in [2.24, 2.45) is 5.16 Å². The first kappa shape index (κ1) is 17.8. The molecule has 1 aliphatic heterocycles. The van der Waals surface area contributed by atoms with Crippen molar-refractivity contribution in [2.75, 3.05) is 6.61 Å². The van der Waals surface area contributed by atoms with Gasteiger partial charge in [-0.2, -0.15) is 0 Å². The normalized spacial score (nSPS) is 35.9. The Hall–Kier alpha value is -0.301. The Bertz CT molecular complexity index is 453. The summed E-state index contributed by atoms with van der Waals surface area (Å²) in [4.78, 5) is 0. The molecule has 20 heavy (non-hydrogen) atoms. The summed E-state index contributed by atoms with van der Waals surface area (Å²) in [6, 6.07) is 0. The van der Waals surface area contributed by atoms with Crippen molar-refractivity contribution in [3.63, 3.8) is 0 Å². The average Bonchev–Trinajstić information content (AvgIpc) is 2.36. The molecule has 0 amide bonds. The molecule has 0 unspecified atom stereocenters. The van der Waals surface area contributed by atoms with E-state index in [1.807, 2.05) is 0 Å². The Kier molecular flexibility index (Phi) is 6.31. The summed E-state index contributed by atoms with van der Waals surface area (Å²) in [6.07, 6.45) is -5.50. The van der Waals surface area contributed by atoms with Gasteiger partial charge < -0.3 is 0 Å². The Morgan fingerprint density at radius 3 is 2.45 bits per heavy atom. The third kappa shape index (κ3) is 4.91. The van der Waals surface area contributed by atoms with Gasteiger partial charge in [-0.3, -0.25) is 0 Å². The Balaban J connectivity index is 2.71. The zero-order valence-electron chi connectivity index (χ0n) is 10.2. The molecule has 5 atom stereocenters. The molecule has 1 fully saturated rings. The van der Waals surface area contributed by atoms with Crippen LogP contribution in [0.1, 0.15) is 6.92 Å². The van der Waals surface area contributed by atoms with E-state index in [4.69, 9.17) is 9.84 Å². The van der Waals surface area contributed by atoms with Crippen molar-refractivity contribution < 1.29 is 42.4 Å². The Labute approximate surface area is 121 Å². The van der Waals surface area contributed by atoms with Crippen molar-refractivity contribution in [3.8, 4) is 0 Å². The van der Waals surface area contributed by atoms with Crippen molar-refractivity contribution in [2.45, 2.75) is 36.3 Å². The first-order valence-electron chi connectivity index (χ1n) is 5.32. The maximum atomic E-state index is 10.2. The van der Waals surface area contributed by atoms with Gasteiger partial charge in [-0.1, -0.05) is 0 Å². The summed E-state index contributed by atoms with van der Waals surface area (Å²) in [5.74, 6) is 0. The first-order valence-corrected chi connectivity index (χ1v) is 8.50. The number of rotatable bonds is 5. The molecule has 0 saturated carbocycles. The number of aliphatic hydroxyl groups is 4. The first-order chi connectivity index (χ1) is 9.15. The molecule has 10 nitrogen and oxygen atoms in total. The molecular formula is C8H14NO9SSe-. The summed E-state index contributed by atoms with van der Waals surface area (Å²) in [7, 11) is -4.97. The van der Waals surface area contributed by atoms with Crippen LogP contribution in [0, 0.1) is 0 Å². The minimum absolute atomic E-state index is 0.0706. The molecule has 0 aromatic rings. The molecule has 0 radical (unpaired) electrons. The van der Waals surface area contributed by atoms with Gasteiger partial charge in [-0.05, 0) is 0 Å². The van der Waals surface area contributed by atoms with Crippen molar-refractivity contribution >= 4 is 30.0 Å². The van der Waals surface area contributed by atoms with E-state index in [0.717, 1.165) is 0 Å². The van der Waals surface area contributed by atoms with E-state index in [1.165, 1.54) is 6.92 Å². The van der Waals surface area contributed by atoms with E-state index < -0.39 is 61.4 Å². The third-order valence-electron chi connectivity index (χ3n) is 2.39. The molecule has 0 spiro atoms. The van der Waals surface area contributed by atoms with E-state index in [-0.39, 0.29) is 4.61 Å². The molecule has 1 heterocycles. The predicted octanol–water partition coefficient (Wildman–Crippen LogP) is -3.70. The van der Waals surface area contributed by atoms with E-state index in [2.05, 4.69) is 9.44 Å². The fourth-order valence-electron chi connectivity index (χ4n) is 1.45. The zero-order chi connectivity index (χ0) is 15.5. The molecule has 0 bridgehead atoms. The van der Waals surface area contributed by atoms with Crippen LogP contribution in [-0.2, 0) is 19.4 Å². The number of aliphatic hydroxyl groups excluding tert-OH is 4. The second-order valence-corrected chi connectivity index (χ2v) is 7.58.